The van der Waals surface area contributed by atoms with Crippen LogP contribution >= 0.6 is 0 Å². The Labute approximate surface area is 149 Å². The first-order valence-electron chi connectivity index (χ1n) is 9.47. The van der Waals surface area contributed by atoms with Crippen LogP contribution in [-0.2, 0) is 16.0 Å². The molecule has 0 radical (unpaired) electrons. The van der Waals surface area contributed by atoms with Crippen molar-refractivity contribution in [3.8, 4) is 0 Å². The van der Waals surface area contributed by atoms with Gasteiger partial charge in [0.15, 0.2) is 0 Å². The van der Waals surface area contributed by atoms with Gasteiger partial charge in [-0.25, -0.2) is 0 Å². The van der Waals surface area contributed by atoms with E-state index < -0.39 is 0 Å². The number of aromatic nitrogens is 2. The minimum absolute atomic E-state index is 0.0111. The van der Waals surface area contributed by atoms with Crippen LogP contribution in [0.5, 0.6) is 0 Å². The molecule has 1 aliphatic heterocycles. The van der Waals surface area contributed by atoms with Crippen molar-refractivity contribution in [2.75, 3.05) is 13.1 Å². The SMILES string of the molecule is C[C@@H](Cc1cnccn1)NC(=O)C1CCN(C(=O)C2CCCC2)CC1. The van der Waals surface area contributed by atoms with Crippen molar-refractivity contribution in [2.24, 2.45) is 11.8 Å². The maximum absolute atomic E-state index is 12.5. The van der Waals surface area contributed by atoms with Crippen molar-refractivity contribution in [2.45, 2.75) is 57.9 Å². The molecule has 1 aliphatic carbocycles. The fourth-order valence-electron chi connectivity index (χ4n) is 3.95. The molecule has 136 valence electrons. The summed E-state index contributed by atoms with van der Waals surface area (Å²) >= 11 is 0. The number of carbonyl (C=O) groups excluding carboxylic acids is 2. The highest BCUT2D eigenvalue weighted by Gasteiger charge is 2.32. The minimum Gasteiger partial charge on any atom is -0.353 e. The van der Waals surface area contributed by atoms with E-state index >= 15 is 0 Å². The average Bonchev–Trinajstić information content (AvgIpc) is 3.16. The van der Waals surface area contributed by atoms with Gasteiger partial charge >= 0.3 is 0 Å². The molecule has 6 nitrogen and oxygen atoms in total. The Kier molecular flexibility index (Phi) is 6.00. The minimum atomic E-state index is 0.0111. The fraction of sp³-hybridized carbons (Fsp3) is 0.684. The van der Waals surface area contributed by atoms with Crippen molar-refractivity contribution in [3.05, 3.63) is 24.3 Å². The molecule has 1 aromatic heterocycles. The predicted molar refractivity (Wildman–Crippen MR) is 94.6 cm³/mol. The van der Waals surface area contributed by atoms with Crippen molar-refractivity contribution in [1.82, 2.24) is 20.2 Å². The van der Waals surface area contributed by atoms with Crippen molar-refractivity contribution in [1.29, 1.82) is 0 Å². The molecule has 2 aliphatic rings. The van der Waals surface area contributed by atoms with Crippen LogP contribution in [0.4, 0.5) is 0 Å². The molecule has 6 heteroatoms. The zero-order valence-corrected chi connectivity index (χ0v) is 15.0. The number of hydrogen-bond donors (Lipinski definition) is 1. The molecule has 2 fully saturated rings. The van der Waals surface area contributed by atoms with Gasteiger partial charge in [-0.2, -0.15) is 0 Å². The molecule has 2 heterocycles. The zero-order chi connectivity index (χ0) is 17.6. The highest BCUT2D eigenvalue weighted by molar-refractivity contribution is 5.81. The Morgan fingerprint density at radius 2 is 1.88 bits per heavy atom. The van der Waals surface area contributed by atoms with Crippen molar-refractivity contribution < 1.29 is 9.59 Å². The molecular weight excluding hydrogens is 316 g/mol. The molecule has 1 saturated carbocycles. The number of rotatable bonds is 5. The Morgan fingerprint density at radius 3 is 2.52 bits per heavy atom. The first-order valence-corrected chi connectivity index (χ1v) is 9.47. The van der Waals surface area contributed by atoms with E-state index in [2.05, 4.69) is 15.3 Å². The van der Waals surface area contributed by atoms with E-state index in [0.29, 0.717) is 25.4 Å². The Hall–Kier alpha value is -1.98. The van der Waals surface area contributed by atoms with Gasteiger partial charge in [0.2, 0.25) is 11.8 Å². The van der Waals surface area contributed by atoms with Crippen LogP contribution in [0.25, 0.3) is 0 Å². The summed E-state index contributed by atoms with van der Waals surface area (Å²) in [6.07, 6.45) is 11.7. The largest absolute Gasteiger partial charge is 0.353 e. The van der Waals surface area contributed by atoms with E-state index in [0.717, 1.165) is 31.4 Å². The van der Waals surface area contributed by atoms with Gasteiger partial charge in [-0.15, -0.1) is 0 Å². The normalized spacial score (nSPS) is 20.4. The number of piperidine rings is 1. The van der Waals surface area contributed by atoms with Crippen LogP contribution in [0.15, 0.2) is 18.6 Å². The molecule has 0 unspecified atom stereocenters. The Balaban J connectivity index is 1.42. The van der Waals surface area contributed by atoms with Gasteiger partial charge in [0.05, 0.1) is 5.69 Å². The number of amides is 2. The lowest BCUT2D eigenvalue weighted by atomic mass is 9.94. The van der Waals surface area contributed by atoms with Gasteiger partial charge in [0.1, 0.15) is 0 Å². The van der Waals surface area contributed by atoms with Crippen LogP contribution in [0.3, 0.4) is 0 Å². The molecule has 1 N–H and O–H groups in total. The highest BCUT2D eigenvalue weighted by Crippen LogP contribution is 2.28. The third kappa shape index (κ3) is 4.77. The van der Waals surface area contributed by atoms with Crippen LogP contribution in [-0.4, -0.2) is 45.8 Å². The van der Waals surface area contributed by atoms with Gasteiger partial charge in [0, 0.05) is 56.0 Å². The molecule has 1 aromatic rings. The summed E-state index contributed by atoms with van der Waals surface area (Å²) < 4.78 is 0. The monoisotopic (exact) mass is 344 g/mol. The summed E-state index contributed by atoms with van der Waals surface area (Å²) in [5.74, 6) is 0.658. The summed E-state index contributed by atoms with van der Waals surface area (Å²) in [4.78, 5) is 35.2. The van der Waals surface area contributed by atoms with E-state index in [-0.39, 0.29) is 23.8 Å². The maximum Gasteiger partial charge on any atom is 0.225 e. The lowest BCUT2D eigenvalue weighted by Crippen LogP contribution is -2.46. The van der Waals surface area contributed by atoms with Gasteiger partial charge < -0.3 is 10.2 Å². The second-order valence-electron chi connectivity index (χ2n) is 7.39. The highest BCUT2D eigenvalue weighted by atomic mass is 16.2. The van der Waals surface area contributed by atoms with Gasteiger partial charge in [-0.05, 0) is 32.6 Å². The van der Waals surface area contributed by atoms with E-state index in [1.807, 2.05) is 11.8 Å². The lowest BCUT2D eigenvalue weighted by molar-refractivity contribution is -0.139. The third-order valence-electron chi connectivity index (χ3n) is 5.40. The molecule has 2 amide bonds. The van der Waals surface area contributed by atoms with E-state index in [9.17, 15) is 9.59 Å². The predicted octanol–water partition coefficient (Wildman–Crippen LogP) is 1.95. The standard InChI is InChI=1S/C19H28N4O2/c1-14(12-17-13-20-8-9-21-17)22-18(24)15-6-10-23(11-7-15)19(25)16-4-2-3-5-16/h8-9,13-16H,2-7,10-12H2,1H3,(H,22,24)/t14-/m0/s1. The average molecular weight is 344 g/mol. The Bertz CT molecular complexity index is 578. The summed E-state index contributed by atoms with van der Waals surface area (Å²) in [5, 5.41) is 3.09. The quantitative estimate of drug-likeness (QED) is 0.886. The van der Waals surface area contributed by atoms with E-state index in [1.165, 1.54) is 12.8 Å². The zero-order valence-electron chi connectivity index (χ0n) is 15.0. The molecular formula is C19H28N4O2. The first-order chi connectivity index (χ1) is 12.1. The molecule has 0 bridgehead atoms. The fourth-order valence-corrected chi connectivity index (χ4v) is 3.95. The van der Waals surface area contributed by atoms with E-state index in [1.54, 1.807) is 18.6 Å². The second-order valence-corrected chi connectivity index (χ2v) is 7.39. The van der Waals surface area contributed by atoms with Gasteiger partial charge in [-0.1, -0.05) is 12.8 Å². The maximum atomic E-state index is 12.5. The summed E-state index contributed by atoms with van der Waals surface area (Å²) in [6, 6.07) is 0.0300. The topological polar surface area (TPSA) is 75.2 Å². The third-order valence-corrected chi connectivity index (χ3v) is 5.40. The molecule has 1 saturated heterocycles. The van der Waals surface area contributed by atoms with Gasteiger partial charge in [-0.3, -0.25) is 19.6 Å². The van der Waals surface area contributed by atoms with Crippen LogP contribution in [0.2, 0.25) is 0 Å². The van der Waals surface area contributed by atoms with Gasteiger partial charge in [0.25, 0.3) is 0 Å². The molecule has 1 atom stereocenters. The summed E-state index contributed by atoms with van der Waals surface area (Å²) in [6.45, 7) is 3.42. The molecule has 0 spiro atoms. The van der Waals surface area contributed by atoms with Crippen LogP contribution in [0.1, 0.15) is 51.1 Å². The smallest absolute Gasteiger partial charge is 0.225 e. The number of nitrogens with zero attached hydrogens (tertiary/aromatic N) is 3. The van der Waals surface area contributed by atoms with Crippen LogP contribution in [0, 0.1) is 11.8 Å². The summed E-state index contributed by atoms with van der Waals surface area (Å²) in [7, 11) is 0. The lowest BCUT2D eigenvalue weighted by Gasteiger charge is -2.33. The second kappa shape index (κ2) is 8.41. The first kappa shape index (κ1) is 17.8. The molecule has 0 aromatic carbocycles. The summed E-state index contributed by atoms with van der Waals surface area (Å²) in [5.41, 5.74) is 0.882. The number of carbonyl (C=O) groups is 2. The number of nitrogens with one attached hydrogen (secondary N) is 1. The van der Waals surface area contributed by atoms with Crippen molar-refractivity contribution >= 4 is 11.8 Å². The number of likely N-dealkylation sites (tertiary alicyclic amines) is 1. The van der Waals surface area contributed by atoms with Crippen LogP contribution < -0.4 is 5.32 Å². The Morgan fingerprint density at radius 1 is 1.16 bits per heavy atom. The van der Waals surface area contributed by atoms with E-state index in [4.69, 9.17) is 0 Å². The molecule has 25 heavy (non-hydrogen) atoms. The van der Waals surface area contributed by atoms with Crippen molar-refractivity contribution in [3.63, 3.8) is 0 Å². The number of hydrogen-bond acceptors (Lipinski definition) is 4. The molecule has 3 rings (SSSR count).